The minimum Gasteiger partial charge on any atom is -0.477 e. The third-order valence-corrected chi connectivity index (χ3v) is 27.7. The summed E-state index contributed by atoms with van der Waals surface area (Å²) in [6.45, 7) is 5.15. The third-order valence-electron chi connectivity index (χ3n) is 26.7. The zero-order valence-electron chi connectivity index (χ0n) is 85.3. The SMILES string of the molecule is CCCCCC/C=C/CCCCCCCC(=O)O[C@H](CCCCCCCCCCC)CC(=O)N[C@H]1[C@H](OC[C@H]2O[C@H](OP(=O)(O)O)[C@H](NC(=O)C[C@H](O)CCCCCCCCCCC)[C@@H](OC(=O)C[C@H](O)CCCCCCCCCCC)[C@@H]2O)O[C@H](CO[C@]2(C(=O)O)C[C@@H](O[C@]3(C(=O)O)C[C@@H](O)[C@@H](O)[C@@H]([C@H](O)CO)O3)[C@@H](O)[C@@H]([C@H](O)CO)O2)[C@@H](OP(=O)(O)O)[C@@H]1OC(=O)C[C@H](O)CCCCCCCCCCC. The number of phosphoric acid groups is 2. The lowest BCUT2D eigenvalue weighted by Gasteiger charge is -2.50. The molecule has 0 saturated carbocycles. The highest BCUT2D eigenvalue weighted by Crippen LogP contribution is 2.47. The Hall–Kier alpha value is -4.47. The van der Waals surface area contributed by atoms with Crippen LogP contribution in [0.25, 0.3) is 0 Å². The number of phosphoric ester groups is 2. The van der Waals surface area contributed by atoms with Gasteiger partial charge in [0.05, 0.1) is 82.6 Å². The largest absolute Gasteiger partial charge is 0.477 e. The number of rotatable bonds is 84. The summed E-state index contributed by atoms with van der Waals surface area (Å²) in [4.78, 5) is 145. The minimum absolute atomic E-state index is 0.0195. The van der Waals surface area contributed by atoms with Crippen LogP contribution >= 0.6 is 15.6 Å². The second-order valence-electron chi connectivity index (χ2n) is 39.4. The molecule has 0 aliphatic carbocycles. The highest BCUT2D eigenvalue weighted by atomic mass is 31.2. The maximum atomic E-state index is 15.5. The van der Waals surface area contributed by atoms with E-state index in [1.54, 1.807) is 0 Å². The van der Waals surface area contributed by atoms with Crippen LogP contribution in [0.1, 0.15) is 407 Å². The van der Waals surface area contributed by atoms with Crippen LogP contribution in [-0.4, -0.2) is 300 Å². The van der Waals surface area contributed by atoms with E-state index in [0.717, 1.165) is 225 Å². The van der Waals surface area contributed by atoms with E-state index >= 15 is 4.79 Å². The van der Waals surface area contributed by atoms with Crippen molar-refractivity contribution in [2.45, 2.75) is 553 Å². The first-order valence-electron chi connectivity index (χ1n) is 53.6. The molecule has 40 nitrogen and oxygen atoms in total. The summed E-state index contributed by atoms with van der Waals surface area (Å²) >= 11 is 0. The summed E-state index contributed by atoms with van der Waals surface area (Å²) in [5, 5.41) is 151. The predicted octanol–water partition coefficient (Wildman–Crippen LogP) is 12.0. The first-order chi connectivity index (χ1) is 67.8. The fourth-order valence-corrected chi connectivity index (χ4v) is 19.6. The molecule has 4 rings (SSSR count). The number of nitrogens with one attached hydrogen (secondary N) is 2. The summed E-state index contributed by atoms with van der Waals surface area (Å²) in [6.07, 6.45) is -1.96. The van der Waals surface area contributed by atoms with Crippen LogP contribution in [-0.2, 0) is 99.1 Å². The van der Waals surface area contributed by atoms with E-state index < -0.39 is 268 Å². The Morgan fingerprint density at radius 2 is 0.775 bits per heavy atom. The van der Waals surface area contributed by atoms with Crippen molar-refractivity contribution < 1.29 is 185 Å². The maximum Gasteiger partial charge on any atom is 0.472 e. The van der Waals surface area contributed by atoms with Crippen molar-refractivity contribution in [1.82, 2.24) is 10.6 Å². The molecule has 0 bridgehead atoms. The van der Waals surface area contributed by atoms with Crippen molar-refractivity contribution in [3.05, 3.63) is 12.2 Å². The van der Waals surface area contributed by atoms with E-state index in [1.165, 1.54) is 12.8 Å². The Labute approximate surface area is 840 Å². The number of ether oxygens (including phenoxy) is 10. The smallest absolute Gasteiger partial charge is 0.472 e. The van der Waals surface area contributed by atoms with Crippen molar-refractivity contribution in [3.8, 4) is 0 Å². The quantitative estimate of drug-likeness (QED) is 0.00884. The number of hydrogen-bond donors (Lipinski definition) is 19. The van der Waals surface area contributed by atoms with E-state index in [1.807, 2.05) is 0 Å². The van der Waals surface area contributed by atoms with Gasteiger partial charge in [-0.05, 0) is 64.2 Å². The van der Waals surface area contributed by atoms with E-state index in [9.17, 15) is 124 Å². The monoisotopic (exact) mass is 2080 g/mol. The lowest BCUT2D eigenvalue weighted by molar-refractivity contribution is -0.378. The molecule has 4 saturated heterocycles. The number of allylic oxidation sites excluding steroid dienone is 2. The van der Waals surface area contributed by atoms with Crippen molar-refractivity contribution >= 4 is 57.3 Å². The highest BCUT2D eigenvalue weighted by molar-refractivity contribution is 7.46. The fourth-order valence-electron chi connectivity index (χ4n) is 18.5. The van der Waals surface area contributed by atoms with E-state index in [-0.39, 0.29) is 32.1 Å². The fraction of sp³-hybridized carbons (Fsp3) is 0.910. The molecule has 0 unspecified atom stereocenters. The van der Waals surface area contributed by atoms with Gasteiger partial charge in [-0.15, -0.1) is 0 Å². The number of aliphatic hydroxyl groups is 11. The Morgan fingerprint density at radius 1 is 0.401 bits per heavy atom. The van der Waals surface area contributed by atoms with Gasteiger partial charge in [-0.2, -0.15) is 0 Å². The Balaban J connectivity index is 2.01. The van der Waals surface area contributed by atoms with Crippen molar-refractivity contribution in [1.29, 1.82) is 0 Å². The molecule has 4 fully saturated rings. The van der Waals surface area contributed by atoms with Gasteiger partial charge in [0.2, 0.25) is 11.8 Å². The molecule has 42 heteroatoms. The molecular weight excluding hydrogens is 1900 g/mol. The van der Waals surface area contributed by atoms with Crippen LogP contribution in [0.5, 0.6) is 0 Å². The topological polar surface area (TPSA) is 632 Å². The lowest BCUT2D eigenvalue weighted by Crippen LogP contribution is -2.69. The van der Waals surface area contributed by atoms with Gasteiger partial charge in [-0.3, -0.25) is 33.0 Å². The molecule has 0 radical (unpaired) electrons. The zero-order chi connectivity index (χ0) is 105. The van der Waals surface area contributed by atoms with Gasteiger partial charge in [0.1, 0.15) is 79.2 Å². The van der Waals surface area contributed by atoms with Gasteiger partial charge in [0.25, 0.3) is 11.6 Å². The number of aliphatic hydroxyl groups excluding tert-OH is 11. The maximum absolute atomic E-state index is 15.5. The van der Waals surface area contributed by atoms with Crippen molar-refractivity contribution in [3.63, 3.8) is 0 Å². The summed E-state index contributed by atoms with van der Waals surface area (Å²) in [7, 11) is -12.0. The molecule has 830 valence electrons. The molecule has 4 aliphatic heterocycles. The van der Waals surface area contributed by atoms with Gasteiger partial charge in [-0.1, -0.05) is 310 Å². The Morgan fingerprint density at radius 3 is 1.21 bits per heavy atom. The third kappa shape index (κ3) is 52.3. The molecule has 4 aliphatic rings. The molecule has 4 heterocycles. The van der Waals surface area contributed by atoms with E-state index in [0.29, 0.717) is 64.2 Å². The first-order valence-corrected chi connectivity index (χ1v) is 56.6. The number of carbonyl (C=O) groups is 7. The molecule has 0 aromatic heterocycles. The number of hydrogen-bond acceptors (Lipinski definition) is 32. The van der Waals surface area contributed by atoms with Crippen LogP contribution in [0.3, 0.4) is 0 Å². The summed E-state index contributed by atoms with van der Waals surface area (Å²) < 4.78 is 98.6. The average molecular weight is 2080 g/mol. The molecule has 142 heavy (non-hydrogen) atoms. The summed E-state index contributed by atoms with van der Waals surface area (Å²) in [6, 6.07) is -4.41. The van der Waals surface area contributed by atoms with Crippen LogP contribution in [0.2, 0.25) is 0 Å². The molecule has 0 aromatic carbocycles. The van der Waals surface area contributed by atoms with Crippen molar-refractivity contribution in [2.24, 2.45) is 0 Å². The second kappa shape index (κ2) is 73.6. The average Bonchev–Trinajstić information content (AvgIpc) is 0.748. The Bertz CT molecular complexity index is 3530. The van der Waals surface area contributed by atoms with Gasteiger partial charge >= 0.3 is 45.5 Å². The molecule has 0 spiro atoms. The highest BCUT2D eigenvalue weighted by Gasteiger charge is 2.63. The standard InChI is InChI=1S/C100H182N2O38P2/c1-6-11-16-21-26-31-32-33-34-39-44-49-54-59-82(113)131-73(58-53-48-43-38-30-25-20-15-10-5)63-81(112)102-86-94(135-84(115)62-72(107)57-52-47-42-37-29-24-19-14-9-4)92(139-141(123,124)125)79(69-130-99(97(119)120)65-77(88(117)91(137-99)76(110)67-104)136-100(98(121)122)64-74(108)87(116)90(138-100)75(109)66-103)133-95(86)129-68-78-89(118)93(134-83(114)61-71(106)56-51-46-41-36-28-23-18-13-8-3)85(96(132-78)140-142(126,127)128)101-80(111)60-70(105)55-50-45-40-35-27-22-17-12-7-2/h31-32,70-79,85-96,103-110,116-118H,6-30,33-69H2,1-5H3,(H,101,111)(H,102,112)(H,119,120)(H,121,122)(H2,123,124,125)(H2,126,127,128)/b32-31+/t70-,71-,72-,73-,74-,75-,76-,77-,78-,79-,85-,86-,87-,88-,89-,90-,91-,92-,93-,94-,95-,96-,99-,100-/m1/s1. The van der Waals surface area contributed by atoms with Gasteiger partial charge in [0, 0.05) is 19.3 Å². The number of amides is 2. The summed E-state index contributed by atoms with van der Waals surface area (Å²) in [5.74, 6) is -16.8. The van der Waals surface area contributed by atoms with Crippen LogP contribution in [0.4, 0.5) is 0 Å². The van der Waals surface area contributed by atoms with Gasteiger partial charge < -0.3 is 144 Å². The van der Waals surface area contributed by atoms with E-state index in [2.05, 4.69) is 57.4 Å². The number of aliphatic carboxylic acids is 2. The number of carboxylic acids is 2. The van der Waals surface area contributed by atoms with E-state index in [4.69, 9.17) is 56.4 Å². The number of carbonyl (C=O) groups excluding carboxylic acids is 5. The summed E-state index contributed by atoms with van der Waals surface area (Å²) in [5.41, 5.74) is 0. The van der Waals surface area contributed by atoms with Crippen molar-refractivity contribution in [2.75, 3.05) is 26.4 Å². The van der Waals surface area contributed by atoms with Gasteiger partial charge in [0.15, 0.2) is 24.8 Å². The second-order valence-corrected chi connectivity index (χ2v) is 41.7. The van der Waals surface area contributed by atoms with Gasteiger partial charge in [-0.25, -0.2) is 18.7 Å². The zero-order valence-corrected chi connectivity index (χ0v) is 87.1. The van der Waals surface area contributed by atoms with Crippen LogP contribution in [0, 0.1) is 0 Å². The molecule has 19 N–H and O–H groups in total. The minimum atomic E-state index is -6.16. The molecule has 24 atom stereocenters. The van der Waals surface area contributed by atoms with Crippen LogP contribution < -0.4 is 10.6 Å². The number of unbranched alkanes of at least 4 members (excludes halogenated alkanes) is 41. The lowest BCUT2D eigenvalue weighted by atomic mass is 9.90. The molecular formula is C100H182N2O38P2. The van der Waals surface area contributed by atoms with Crippen LogP contribution in [0.15, 0.2) is 12.2 Å². The molecule has 0 aromatic rings. The predicted molar refractivity (Wildman–Crippen MR) is 522 cm³/mol. The number of esters is 3. The normalized spacial score (nSPS) is 26.3. The number of carboxylic acid groups (broad SMARTS) is 2. The molecule has 2 amide bonds. The first kappa shape index (κ1) is 130. The Kier molecular flexibility index (Phi) is 67.3.